The molecule has 0 saturated heterocycles. The van der Waals surface area contributed by atoms with Gasteiger partial charge < -0.3 is 9.97 Å². The topological polar surface area (TPSA) is 90.6 Å². The summed E-state index contributed by atoms with van der Waals surface area (Å²) in [4.78, 5) is 33.1. The molecule has 0 aliphatic rings. The van der Waals surface area contributed by atoms with Crippen molar-refractivity contribution in [3.05, 3.63) is 58.8 Å². The van der Waals surface area contributed by atoms with Crippen LogP contribution < -0.4 is 10.9 Å². The van der Waals surface area contributed by atoms with E-state index in [4.69, 9.17) is 0 Å². The van der Waals surface area contributed by atoms with E-state index in [2.05, 4.69) is 20.3 Å². The second-order valence-electron chi connectivity index (χ2n) is 3.97. The van der Waals surface area contributed by atoms with Gasteiger partial charge in [0.05, 0.1) is 5.56 Å². The maximum absolute atomic E-state index is 12.1. The molecule has 6 nitrogen and oxygen atoms in total. The molecule has 1 aromatic carbocycles. The molecule has 0 saturated carbocycles. The standard InChI is InChI=1S/C13H10N4O2/c18-11-9-4-2-1-3-8(9)10(7-16-11)12(19)17-13-14-5-6-15-13/h1-7H,(H,16,18)(H2,14,15,17,19). The van der Waals surface area contributed by atoms with E-state index >= 15 is 0 Å². The van der Waals surface area contributed by atoms with Crippen LogP contribution in [0.2, 0.25) is 0 Å². The summed E-state index contributed by atoms with van der Waals surface area (Å²) >= 11 is 0. The molecular formula is C13H10N4O2. The number of anilines is 1. The van der Waals surface area contributed by atoms with Gasteiger partial charge in [-0.2, -0.15) is 0 Å². The average Bonchev–Trinajstić information content (AvgIpc) is 2.92. The minimum absolute atomic E-state index is 0.217. The zero-order valence-electron chi connectivity index (χ0n) is 9.81. The summed E-state index contributed by atoms with van der Waals surface area (Å²) in [6, 6.07) is 6.96. The first-order valence-corrected chi connectivity index (χ1v) is 5.67. The first-order valence-electron chi connectivity index (χ1n) is 5.67. The van der Waals surface area contributed by atoms with Crippen LogP contribution in [0, 0.1) is 0 Å². The van der Waals surface area contributed by atoms with E-state index in [0.29, 0.717) is 22.3 Å². The molecule has 6 heteroatoms. The van der Waals surface area contributed by atoms with Gasteiger partial charge in [-0.05, 0) is 6.07 Å². The number of carbonyl (C=O) groups is 1. The summed E-state index contributed by atoms with van der Waals surface area (Å²) in [5, 5.41) is 3.71. The summed E-state index contributed by atoms with van der Waals surface area (Å²) in [6.45, 7) is 0. The predicted molar refractivity (Wildman–Crippen MR) is 71.1 cm³/mol. The number of H-pyrrole nitrogens is 2. The Labute approximate surface area is 107 Å². The minimum Gasteiger partial charge on any atom is -0.331 e. The number of fused-ring (bicyclic) bond motifs is 1. The lowest BCUT2D eigenvalue weighted by atomic mass is 10.1. The molecule has 3 rings (SSSR count). The number of amides is 1. The van der Waals surface area contributed by atoms with Gasteiger partial charge in [0.2, 0.25) is 5.95 Å². The van der Waals surface area contributed by atoms with Crippen LogP contribution in [0.15, 0.2) is 47.7 Å². The van der Waals surface area contributed by atoms with Crippen molar-refractivity contribution in [1.82, 2.24) is 15.0 Å². The molecule has 3 aromatic rings. The molecule has 0 bridgehead atoms. The van der Waals surface area contributed by atoms with Crippen LogP contribution in [0.5, 0.6) is 0 Å². The van der Waals surface area contributed by atoms with E-state index < -0.39 is 0 Å². The van der Waals surface area contributed by atoms with Crippen LogP contribution in [0.4, 0.5) is 5.95 Å². The molecular weight excluding hydrogens is 244 g/mol. The van der Waals surface area contributed by atoms with Crippen molar-refractivity contribution in [3.63, 3.8) is 0 Å². The Kier molecular flexibility index (Phi) is 2.60. The Morgan fingerprint density at radius 3 is 2.68 bits per heavy atom. The SMILES string of the molecule is O=C(Nc1ncc[nH]1)c1c[nH]c(=O)c2ccccc12. The van der Waals surface area contributed by atoms with Crippen LogP contribution in [0.3, 0.4) is 0 Å². The molecule has 0 fully saturated rings. The van der Waals surface area contributed by atoms with Crippen molar-refractivity contribution in [3.8, 4) is 0 Å². The molecule has 0 radical (unpaired) electrons. The molecule has 0 unspecified atom stereocenters. The molecule has 94 valence electrons. The lowest BCUT2D eigenvalue weighted by molar-refractivity contribution is 0.102. The van der Waals surface area contributed by atoms with E-state index in [1.807, 2.05) is 0 Å². The molecule has 0 atom stereocenters. The number of hydrogen-bond donors (Lipinski definition) is 3. The van der Waals surface area contributed by atoms with E-state index in [1.54, 1.807) is 36.7 Å². The van der Waals surface area contributed by atoms with Gasteiger partial charge in [-0.15, -0.1) is 0 Å². The zero-order chi connectivity index (χ0) is 13.2. The monoisotopic (exact) mass is 254 g/mol. The van der Waals surface area contributed by atoms with Crippen molar-refractivity contribution < 1.29 is 4.79 Å². The lowest BCUT2D eigenvalue weighted by Crippen LogP contribution is -2.16. The minimum atomic E-state index is -0.331. The number of aromatic amines is 2. The molecule has 0 spiro atoms. The van der Waals surface area contributed by atoms with Crippen molar-refractivity contribution in [1.29, 1.82) is 0 Å². The number of benzene rings is 1. The largest absolute Gasteiger partial charge is 0.331 e. The Bertz CT molecular complexity index is 790. The first kappa shape index (κ1) is 11.2. The summed E-state index contributed by atoms with van der Waals surface area (Å²) in [6.07, 6.45) is 4.56. The van der Waals surface area contributed by atoms with E-state index in [9.17, 15) is 9.59 Å². The highest BCUT2D eigenvalue weighted by Gasteiger charge is 2.12. The maximum atomic E-state index is 12.1. The third-order valence-corrected chi connectivity index (χ3v) is 2.78. The molecule has 2 aromatic heterocycles. The third kappa shape index (κ3) is 1.99. The van der Waals surface area contributed by atoms with Gasteiger partial charge >= 0.3 is 0 Å². The molecule has 0 aliphatic carbocycles. The zero-order valence-corrected chi connectivity index (χ0v) is 9.81. The highest BCUT2D eigenvalue weighted by molar-refractivity contribution is 6.11. The number of aromatic nitrogens is 3. The smallest absolute Gasteiger partial charge is 0.260 e. The van der Waals surface area contributed by atoms with E-state index in [1.165, 1.54) is 6.20 Å². The van der Waals surface area contributed by atoms with Gasteiger partial charge in [-0.1, -0.05) is 18.2 Å². The summed E-state index contributed by atoms with van der Waals surface area (Å²) in [5.74, 6) is 0.0303. The second-order valence-corrected chi connectivity index (χ2v) is 3.97. The Hall–Kier alpha value is -2.89. The Morgan fingerprint density at radius 2 is 1.95 bits per heavy atom. The average molecular weight is 254 g/mol. The Morgan fingerprint density at radius 1 is 1.16 bits per heavy atom. The lowest BCUT2D eigenvalue weighted by Gasteiger charge is -2.05. The number of imidazole rings is 1. The number of rotatable bonds is 2. The summed E-state index contributed by atoms with van der Waals surface area (Å²) < 4.78 is 0. The second kappa shape index (κ2) is 4.41. The van der Waals surface area contributed by atoms with E-state index in [0.717, 1.165) is 0 Å². The fourth-order valence-electron chi connectivity index (χ4n) is 1.91. The number of hydrogen-bond acceptors (Lipinski definition) is 3. The van der Waals surface area contributed by atoms with Crippen LogP contribution >= 0.6 is 0 Å². The number of nitrogens with zero attached hydrogens (tertiary/aromatic N) is 1. The van der Waals surface area contributed by atoms with Crippen molar-refractivity contribution >= 4 is 22.6 Å². The predicted octanol–water partition coefficient (Wildman–Crippen LogP) is 1.50. The normalized spacial score (nSPS) is 10.5. The highest BCUT2D eigenvalue weighted by atomic mass is 16.2. The fraction of sp³-hybridized carbons (Fsp3) is 0. The fourth-order valence-corrected chi connectivity index (χ4v) is 1.91. The maximum Gasteiger partial charge on any atom is 0.260 e. The van der Waals surface area contributed by atoms with E-state index in [-0.39, 0.29) is 11.5 Å². The number of nitrogens with one attached hydrogen (secondary N) is 3. The molecule has 2 heterocycles. The Balaban J connectivity index is 2.08. The van der Waals surface area contributed by atoms with Crippen molar-refractivity contribution in [2.24, 2.45) is 0 Å². The van der Waals surface area contributed by atoms with Crippen LogP contribution in [0.1, 0.15) is 10.4 Å². The highest BCUT2D eigenvalue weighted by Crippen LogP contribution is 2.15. The number of pyridine rings is 1. The van der Waals surface area contributed by atoms with Gasteiger partial charge in [0.1, 0.15) is 0 Å². The van der Waals surface area contributed by atoms with Crippen LogP contribution in [-0.2, 0) is 0 Å². The number of carbonyl (C=O) groups excluding carboxylic acids is 1. The van der Waals surface area contributed by atoms with Crippen molar-refractivity contribution in [2.75, 3.05) is 5.32 Å². The first-order chi connectivity index (χ1) is 9.25. The van der Waals surface area contributed by atoms with Crippen LogP contribution in [-0.4, -0.2) is 20.9 Å². The van der Waals surface area contributed by atoms with Gasteiger partial charge in [0.25, 0.3) is 11.5 Å². The molecule has 1 amide bonds. The third-order valence-electron chi connectivity index (χ3n) is 2.78. The molecule has 3 N–H and O–H groups in total. The summed E-state index contributed by atoms with van der Waals surface area (Å²) in [5.41, 5.74) is 0.178. The molecule has 0 aliphatic heterocycles. The van der Waals surface area contributed by atoms with Gasteiger partial charge in [-0.25, -0.2) is 4.98 Å². The van der Waals surface area contributed by atoms with Crippen LogP contribution in [0.25, 0.3) is 10.8 Å². The molecule has 19 heavy (non-hydrogen) atoms. The quantitative estimate of drug-likeness (QED) is 0.647. The van der Waals surface area contributed by atoms with Gasteiger partial charge in [-0.3, -0.25) is 14.9 Å². The van der Waals surface area contributed by atoms with Gasteiger partial charge in [0, 0.05) is 29.4 Å². The van der Waals surface area contributed by atoms with Crippen molar-refractivity contribution in [2.45, 2.75) is 0 Å². The summed E-state index contributed by atoms with van der Waals surface area (Å²) in [7, 11) is 0. The van der Waals surface area contributed by atoms with Gasteiger partial charge in [0.15, 0.2) is 0 Å².